The van der Waals surface area contributed by atoms with E-state index in [2.05, 4.69) is 31.1 Å². The number of H-pyrrole nitrogens is 1. The second-order valence-corrected chi connectivity index (χ2v) is 15.1. The summed E-state index contributed by atoms with van der Waals surface area (Å²) >= 11 is 3.76. The zero-order valence-corrected chi connectivity index (χ0v) is 31.3. The maximum absolute atomic E-state index is 13.0. The molecule has 5 N–H and O–H groups in total. The molecule has 1 aromatic heterocycles. The molecule has 0 spiro atoms. The third-order valence-electron chi connectivity index (χ3n) is 10.7. The molecule has 0 saturated carbocycles. The Bertz CT molecular complexity index is 1830. The first-order valence-electron chi connectivity index (χ1n) is 18.7. The number of benzene rings is 3. The number of nitrogens with zero attached hydrogens (tertiary/aromatic N) is 2. The SMILES string of the molecule is O=C(O)N(C(c1ccccc1)c1cc(OCCCCCCCCCNCC(O)c2ccc(O)c3[nH]c(=O)ccc23)ccc1Br)C1CN2CCC1CC2. The first-order chi connectivity index (χ1) is 25.3. The molecule has 2 bridgehead atoms. The Kier molecular flexibility index (Phi) is 13.3. The minimum atomic E-state index is -0.888. The molecule has 3 aromatic carbocycles. The molecular weight excluding hydrogens is 724 g/mol. The highest BCUT2D eigenvalue weighted by molar-refractivity contribution is 9.10. The fraction of sp³-hybridized carbons (Fsp3) is 0.463. The fourth-order valence-corrected chi connectivity index (χ4v) is 8.43. The molecule has 1 amide bonds. The zero-order valence-electron chi connectivity index (χ0n) is 29.7. The lowest BCUT2D eigenvalue weighted by Crippen LogP contribution is -2.59. The van der Waals surface area contributed by atoms with Gasteiger partial charge in [0.15, 0.2) is 0 Å². The van der Waals surface area contributed by atoms with Gasteiger partial charge in [0.2, 0.25) is 5.56 Å². The van der Waals surface area contributed by atoms with Crippen LogP contribution in [-0.2, 0) is 0 Å². The first kappa shape index (κ1) is 37.8. The molecule has 10 nitrogen and oxygen atoms in total. The summed E-state index contributed by atoms with van der Waals surface area (Å²) in [4.78, 5) is 31.4. The number of nitrogens with one attached hydrogen (secondary N) is 2. The Labute approximate surface area is 313 Å². The van der Waals surface area contributed by atoms with E-state index >= 15 is 0 Å². The standard InChI is InChI=1S/C41H51BrN4O6/c42-34-16-13-30(25-33(34)40(29-11-7-6-8-12-29)46(41(50)51)35-27-45-22-19-28(35)20-23-45)52-24-10-5-3-1-2-4-9-21-43-26-37(48)31-14-17-36(47)39-32(31)15-18-38(49)44-39/h6-8,11-18,25,28,35,37,40,43,47-48H,1-5,9-10,19-24,26-27H2,(H,44,49)(H,50,51). The molecule has 278 valence electrons. The molecule has 0 aliphatic carbocycles. The summed E-state index contributed by atoms with van der Waals surface area (Å²) < 4.78 is 7.10. The van der Waals surface area contributed by atoms with Crippen LogP contribution in [0.15, 0.2) is 82.1 Å². The quantitative estimate of drug-likeness (QED) is 0.0653. The number of fused-ring (bicyclic) bond motifs is 4. The number of hydrogen-bond acceptors (Lipinski definition) is 7. The number of ether oxygens (including phenoxy) is 1. The van der Waals surface area contributed by atoms with Crippen molar-refractivity contribution < 1.29 is 24.9 Å². The van der Waals surface area contributed by atoms with Gasteiger partial charge in [-0.15, -0.1) is 0 Å². The molecule has 3 atom stereocenters. The number of aliphatic hydroxyl groups excluding tert-OH is 1. The molecule has 3 aliphatic heterocycles. The molecule has 3 fully saturated rings. The van der Waals surface area contributed by atoms with Gasteiger partial charge in [-0.25, -0.2) is 4.79 Å². The summed E-state index contributed by atoms with van der Waals surface area (Å²) in [5.74, 6) is 1.11. The van der Waals surface area contributed by atoms with Gasteiger partial charge in [-0.3, -0.25) is 9.69 Å². The van der Waals surface area contributed by atoms with Gasteiger partial charge in [0.1, 0.15) is 11.5 Å². The number of halogens is 1. The van der Waals surface area contributed by atoms with Crippen molar-refractivity contribution in [3.63, 3.8) is 0 Å². The van der Waals surface area contributed by atoms with Crippen molar-refractivity contribution in [1.82, 2.24) is 20.1 Å². The topological polar surface area (TPSA) is 138 Å². The van der Waals surface area contributed by atoms with Crippen LogP contribution in [0.2, 0.25) is 0 Å². The number of aromatic hydroxyl groups is 1. The molecule has 7 rings (SSSR count). The average molecular weight is 776 g/mol. The highest BCUT2D eigenvalue weighted by Crippen LogP contribution is 2.41. The third-order valence-corrected chi connectivity index (χ3v) is 11.4. The van der Waals surface area contributed by atoms with Crippen LogP contribution >= 0.6 is 15.9 Å². The number of amides is 1. The normalized spacial score (nSPS) is 19.4. The molecule has 4 heterocycles. The van der Waals surface area contributed by atoms with E-state index in [-0.39, 0.29) is 17.4 Å². The Morgan fingerprint density at radius 3 is 2.38 bits per heavy atom. The summed E-state index contributed by atoms with van der Waals surface area (Å²) in [5.41, 5.74) is 2.57. The van der Waals surface area contributed by atoms with Crippen LogP contribution in [0.1, 0.15) is 86.6 Å². The van der Waals surface area contributed by atoms with Crippen LogP contribution in [0, 0.1) is 5.92 Å². The van der Waals surface area contributed by atoms with Gasteiger partial charge in [-0.2, -0.15) is 0 Å². The summed E-state index contributed by atoms with van der Waals surface area (Å²) in [7, 11) is 0. The van der Waals surface area contributed by atoms with E-state index in [4.69, 9.17) is 4.74 Å². The summed E-state index contributed by atoms with van der Waals surface area (Å²) in [5, 5.41) is 35.4. The van der Waals surface area contributed by atoms with Gasteiger partial charge < -0.3 is 35.3 Å². The van der Waals surface area contributed by atoms with Gasteiger partial charge in [0, 0.05) is 29.0 Å². The number of carboxylic acid groups (broad SMARTS) is 1. The van der Waals surface area contributed by atoms with E-state index in [1.807, 2.05) is 48.5 Å². The molecule has 11 heteroatoms. The number of piperidine rings is 3. The van der Waals surface area contributed by atoms with E-state index in [1.165, 1.54) is 12.1 Å². The first-order valence-corrected chi connectivity index (χ1v) is 19.5. The predicted molar refractivity (Wildman–Crippen MR) is 207 cm³/mol. The fourth-order valence-electron chi connectivity index (χ4n) is 7.96. The summed E-state index contributed by atoms with van der Waals surface area (Å²) in [6, 6.07) is 21.6. The number of unbranched alkanes of at least 4 members (excludes halogenated alkanes) is 6. The number of rotatable bonds is 18. The monoisotopic (exact) mass is 774 g/mol. The predicted octanol–water partition coefficient (Wildman–Crippen LogP) is 7.59. The van der Waals surface area contributed by atoms with Crippen molar-refractivity contribution in [2.24, 2.45) is 5.92 Å². The van der Waals surface area contributed by atoms with Crippen LogP contribution < -0.4 is 15.6 Å². The lowest BCUT2D eigenvalue weighted by atomic mass is 9.81. The third kappa shape index (κ3) is 9.36. The Morgan fingerprint density at radius 2 is 1.67 bits per heavy atom. The zero-order chi connectivity index (χ0) is 36.5. The van der Waals surface area contributed by atoms with E-state index in [0.29, 0.717) is 35.5 Å². The van der Waals surface area contributed by atoms with Gasteiger partial charge in [0.05, 0.1) is 30.3 Å². The Morgan fingerprint density at radius 1 is 0.942 bits per heavy atom. The minimum absolute atomic E-state index is 0.0134. The Hall–Kier alpha value is -3.90. The second kappa shape index (κ2) is 18.2. The van der Waals surface area contributed by atoms with Crippen molar-refractivity contribution in [3.8, 4) is 11.5 Å². The molecule has 52 heavy (non-hydrogen) atoms. The van der Waals surface area contributed by atoms with Crippen LogP contribution in [0.25, 0.3) is 10.9 Å². The van der Waals surface area contributed by atoms with Crippen molar-refractivity contribution in [2.45, 2.75) is 76.0 Å². The van der Waals surface area contributed by atoms with Gasteiger partial charge in [-0.1, -0.05) is 84.4 Å². The molecular formula is C41H51BrN4O6. The lowest BCUT2D eigenvalue weighted by molar-refractivity contribution is -0.000902. The van der Waals surface area contributed by atoms with E-state index < -0.39 is 18.2 Å². The molecule has 3 saturated heterocycles. The van der Waals surface area contributed by atoms with Gasteiger partial charge >= 0.3 is 6.09 Å². The number of aliphatic hydroxyl groups is 1. The molecule has 4 aromatic rings. The number of pyridine rings is 1. The largest absolute Gasteiger partial charge is 0.506 e. The maximum atomic E-state index is 13.0. The highest BCUT2D eigenvalue weighted by atomic mass is 79.9. The molecule has 0 radical (unpaired) electrons. The van der Waals surface area contributed by atoms with E-state index in [1.54, 1.807) is 17.0 Å². The number of carbonyl (C=O) groups is 1. The Balaban J connectivity index is 0.921. The van der Waals surface area contributed by atoms with Crippen LogP contribution in [0.4, 0.5) is 4.79 Å². The van der Waals surface area contributed by atoms with Crippen LogP contribution in [-0.4, -0.2) is 81.6 Å². The minimum Gasteiger partial charge on any atom is -0.506 e. The highest BCUT2D eigenvalue weighted by Gasteiger charge is 2.43. The summed E-state index contributed by atoms with van der Waals surface area (Å²) in [6.45, 7) is 4.69. The van der Waals surface area contributed by atoms with Crippen molar-refractivity contribution >= 4 is 32.9 Å². The number of phenols is 1. The number of aromatic nitrogens is 1. The van der Waals surface area contributed by atoms with E-state index in [9.17, 15) is 24.9 Å². The lowest BCUT2D eigenvalue weighted by Gasteiger charge is -2.50. The van der Waals surface area contributed by atoms with Crippen LogP contribution in [0.5, 0.6) is 11.5 Å². The molecule has 3 aliphatic rings. The van der Waals surface area contributed by atoms with Crippen molar-refractivity contribution in [2.75, 3.05) is 39.3 Å². The van der Waals surface area contributed by atoms with Crippen LogP contribution in [0.3, 0.4) is 0 Å². The maximum Gasteiger partial charge on any atom is 0.408 e. The number of aromatic amines is 1. The smallest absolute Gasteiger partial charge is 0.408 e. The summed E-state index contributed by atoms with van der Waals surface area (Å²) in [6.07, 6.45) is 8.05. The van der Waals surface area contributed by atoms with E-state index in [0.717, 1.165) is 105 Å². The van der Waals surface area contributed by atoms with Crippen molar-refractivity contribution in [1.29, 1.82) is 0 Å². The van der Waals surface area contributed by atoms with Gasteiger partial charge in [-0.05, 0) is 98.3 Å². The number of phenolic OH excluding ortho intramolecular Hbond substituents is 1. The average Bonchev–Trinajstić information content (AvgIpc) is 3.16. The van der Waals surface area contributed by atoms with Crippen molar-refractivity contribution in [3.05, 3.63) is 104 Å². The second-order valence-electron chi connectivity index (χ2n) is 14.2. The number of hydrogen-bond donors (Lipinski definition) is 5. The van der Waals surface area contributed by atoms with Gasteiger partial charge in [0.25, 0.3) is 0 Å². The molecule has 3 unspecified atom stereocenters.